The molecule has 0 heterocycles. The third-order valence-corrected chi connectivity index (χ3v) is 3.05. The third kappa shape index (κ3) is 7.29. The van der Waals surface area contributed by atoms with Crippen LogP contribution in [-0.2, 0) is 4.79 Å². The molecule has 0 fully saturated rings. The second kappa shape index (κ2) is 8.94. The second-order valence-corrected chi connectivity index (χ2v) is 4.90. The highest BCUT2D eigenvalue weighted by Crippen LogP contribution is 2.15. The zero-order valence-corrected chi connectivity index (χ0v) is 12.1. The van der Waals surface area contributed by atoms with Crippen LogP contribution >= 0.6 is 0 Å². The maximum Gasteiger partial charge on any atom is 0.319 e. The predicted molar refractivity (Wildman–Crippen MR) is 78.9 cm³/mol. The Morgan fingerprint density at radius 2 is 1.90 bits per heavy atom. The summed E-state index contributed by atoms with van der Waals surface area (Å²) in [6.45, 7) is 2.30. The van der Waals surface area contributed by atoms with E-state index in [4.69, 9.17) is 5.11 Å². The fourth-order valence-electron chi connectivity index (χ4n) is 1.85. The Balaban J connectivity index is 2.17. The van der Waals surface area contributed by atoms with Crippen molar-refractivity contribution in [1.82, 2.24) is 5.32 Å². The van der Waals surface area contributed by atoms with Crippen molar-refractivity contribution in [2.75, 3.05) is 11.9 Å². The summed E-state index contributed by atoms with van der Waals surface area (Å²) in [6.07, 6.45) is 3.33. The van der Waals surface area contributed by atoms with Crippen molar-refractivity contribution in [2.45, 2.75) is 39.0 Å². The van der Waals surface area contributed by atoms with Gasteiger partial charge in [0.15, 0.2) is 0 Å². The van der Waals surface area contributed by atoms with E-state index in [0.717, 1.165) is 24.8 Å². The minimum atomic E-state index is -0.780. The first kappa shape index (κ1) is 16.9. The summed E-state index contributed by atoms with van der Waals surface area (Å²) in [7, 11) is 0. The molecule has 0 aliphatic heterocycles. The number of anilines is 1. The van der Waals surface area contributed by atoms with Gasteiger partial charge in [-0.25, -0.2) is 9.18 Å². The molecule has 116 valence electrons. The molecule has 5 nitrogen and oxygen atoms in total. The standard InChI is InChI=1S/C15H21FN2O3/c1-11-7-8-12(16)10-13(11)18-15(21)17-9-5-3-2-4-6-14(19)20/h7-8,10H,2-6,9H2,1H3,(H,19,20)(H2,17,18,21). The molecule has 6 heteroatoms. The fourth-order valence-corrected chi connectivity index (χ4v) is 1.85. The Kier molecular flexibility index (Phi) is 7.21. The SMILES string of the molecule is Cc1ccc(F)cc1NC(=O)NCCCCCCC(=O)O. The minimum Gasteiger partial charge on any atom is -0.481 e. The smallest absolute Gasteiger partial charge is 0.319 e. The van der Waals surface area contributed by atoms with E-state index in [1.807, 2.05) is 0 Å². The molecule has 0 saturated heterocycles. The number of rotatable bonds is 8. The number of halogens is 1. The lowest BCUT2D eigenvalue weighted by Gasteiger charge is -2.09. The predicted octanol–water partition coefficient (Wildman–Crippen LogP) is 3.29. The number of carboxylic acids is 1. The topological polar surface area (TPSA) is 78.4 Å². The molecule has 1 aromatic carbocycles. The number of hydrogen-bond donors (Lipinski definition) is 3. The van der Waals surface area contributed by atoms with Crippen LogP contribution < -0.4 is 10.6 Å². The summed E-state index contributed by atoms with van der Waals surface area (Å²) in [5.74, 6) is -1.17. The Morgan fingerprint density at radius 3 is 2.62 bits per heavy atom. The van der Waals surface area contributed by atoms with Crippen molar-refractivity contribution < 1.29 is 19.1 Å². The van der Waals surface area contributed by atoms with E-state index < -0.39 is 11.8 Å². The largest absolute Gasteiger partial charge is 0.481 e. The molecule has 0 saturated carbocycles. The zero-order valence-electron chi connectivity index (χ0n) is 12.1. The van der Waals surface area contributed by atoms with Gasteiger partial charge in [0, 0.05) is 18.7 Å². The van der Waals surface area contributed by atoms with E-state index in [1.165, 1.54) is 12.1 Å². The van der Waals surface area contributed by atoms with Gasteiger partial charge in [0.05, 0.1) is 0 Å². The lowest BCUT2D eigenvalue weighted by atomic mass is 10.1. The van der Waals surface area contributed by atoms with Gasteiger partial charge in [-0.05, 0) is 37.5 Å². The molecular weight excluding hydrogens is 275 g/mol. The highest BCUT2D eigenvalue weighted by molar-refractivity contribution is 5.89. The highest BCUT2D eigenvalue weighted by Gasteiger charge is 2.05. The number of amides is 2. The molecule has 3 N–H and O–H groups in total. The molecule has 0 bridgehead atoms. The number of aliphatic carboxylic acids is 1. The van der Waals surface area contributed by atoms with E-state index in [0.29, 0.717) is 18.7 Å². The van der Waals surface area contributed by atoms with Crippen LogP contribution in [-0.4, -0.2) is 23.7 Å². The van der Waals surface area contributed by atoms with Gasteiger partial charge in [-0.15, -0.1) is 0 Å². The lowest BCUT2D eigenvalue weighted by Crippen LogP contribution is -2.29. The molecule has 1 aromatic rings. The normalized spacial score (nSPS) is 10.2. The van der Waals surface area contributed by atoms with Crippen LogP contribution in [0.15, 0.2) is 18.2 Å². The monoisotopic (exact) mass is 296 g/mol. The Labute approximate surface area is 123 Å². The number of nitrogens with one attached hydrogen (secondary N) is 2. The molecule has 2 amide bonds. The van der Waals surface area contributed by atoms with Gasteiger partial charge in [-0.2, -0.15) is 0 Å². The molecule has 0 atom stereocenters. The molecular formula is C15H21FN2O3. The molecule has 0 aromatic heterocycles. The summed E-state index contributed by atoms with van der Waals surface area (Å²) >= 11 is 0. The molecule has 0 spiro atoms. The number of unbranched alkanes of at least 4 members (excludes halogenated alkanes) is 3. The van der Waals surface area contributed by atoms with Crippen LogP contribution in [0, 0.1) is 12.7 Å². The van der Waals surface area contributed by atoms with E-state index in [-0.39, 0.29) is 12.5 Å². The molecule has 1 rings (SSSR count). The number of carbonyl (C=O) groups is 2. The third-order valence-electron chi connectivity index (χ3n) is 3.05. The average molecular weight is 296 g/mol. The number of carbonyl (C=O) groups excluding carboxylic acids is 1. The van der Waals surface area contributed by atoms with Crippen LogP contribution in [0.5, 0.6) is 0 Å². The molecule has 0 aliphatic carbocycles. The summed E-state index contributed by atoms with van der Waals surface area (Å²) < 4.78 is 13.1. The molecule has 0 aliphatic rings. The quantitative estimate of drug-likeness (QED) is 0.644. The maximum atomic E-state index is 13.1. The number of aryl methyl sites for hydroxylation is 1. The summed E-state index contributed by atoms with van der Waals surface area (Å²) in [5.41, 5.74) is 1.24. The number of carboxylic acid groups (broad SMARTS) is 1. The van der Waals surface area contributed by atoms with Crippen LogP contribution in [0.3, 0.4) is 0 Å². The van der Waals surface area contributed by atoms with E-state index in [1.54, 1.807) is 13.0 Å². The highest BCUT2D eigenvalue weighted by atomic mass is 19.1. The molecule has 0 radical (unpaired) electrons. The van der Waals surface area contributed by atoms with Gasteiger partial charge in [0.25, 0.3) is 0 Å². The molecule has 21 heavy (non-hydrogen) atoms. The number of urea groups is 1. The van der Waals surface area contributed by atoms with Gasteiger partial charge in [0.1, 0.15) is 5.82 Å². The van der Waals surface area contributed by atoms with Crippen LogP contribution in [0.25, 0.3) is 0 Å². The first-order valence-electron chi connectivity index (χ1n) is 7.02. The van der Waals surface area contributed by atoms with Crippen LogP contribution in [0.4, 0.5) is 14.9 Å². The van der Waals surface area contributed by atoms with Gasteiger partial charge < -0.3 is 15.7 Å². The van der Waals surface area contributed by atoms with E-state index in [9.17, 15) is 14.0 Å². The minimum absolute atomic E-state index is 0.187. The van der Waals surface area contributed by atoms with Gasteiger partial charge >= 0.3 is 12.0 Å². The van der Waals surface area contributed by atoms with Crippen molar-refractivity contribution in [2.24, 2.45) is 0 Å². The van der Waals surface area contributed by atoms with Crippen molar-refractivity contribution in [1.29, 1.82) is 0 Å². The molecule has 0 unspecified atom stereocenters. The Bertz CT molecular complexity index is 492. The summed E-state index contributed by atoms with van der Waals surface area (Å²) in [6, 6.07) is 3.86. The van der Waals surface area contributed by atoms with Gasteiger partial charge in [-0.3, -0.25) is 4.79 Å². The van der Waals surface area contributed by atoms with E-state index in [2.05, 4.69) is 10.6 Å². The Morgan fingerprint density at radius 1 is 1.19 bits per heavy atom. The zero-order chi connectivity index (χ0) is 15.7. The number of benzene rings is 1. The Hall–Kier alpha value is -2.11. The first-order valence-corrected chi connectivity index (χ1v) is 7.02. The summed E-state index contributed by atoms with van der Waals surface area (Å²) in [4.78, 5) is 21.9. The van der Waals surface area contributed by atoms with Gasteiger partial charge in [0.2, 0.25) is 0 Å². The van der Waals surface area contributed by atoms with Crippen molar-refractivity contribution >= 4 is 17.7 Å². The second-order valence-electron chi connectivity index (χ2n) is 4.90. The van der Waals surface area contributed by atoms with E-state index >= 15 is 0 Å². The number of hydrogen-bond acceptors (Lipinski definition) is 2. The first-order chi connectivity index (χ1) is 9.99. The maximum absolute atomic E-state index is 13.1. The summed E-state index contributed by atoms with van der Waals surface area (Å²) in [5, 5.41) is 13.8. The van der Waals surface area contributed by atoms with Crippen molar-refractivity contribution in [3.05, 3.63) is 29.6 Å². The van der Waals surface area contributed by atoms with Crippen LogP contribution in [0.1, 0.15) is 37.7 Å². The van der Waals surface area contributed by atoms with Crippen molar-refractivity contribution in [3.8, 4) is 0 Å². The van der Waals surface area contributed by atoms with Crippen molar-refractivity contribution in [3.63, 3.8) is 0 Å². The fraction of sp³-hybridized carbons (Fsp3) is 0.467. The van der Waals surface area contributed by atoms with Crippen LogP contribution in [0.2, 0.25) is 0 Å². The lowest BCUT2D eigenvalue weighted by molar-refractivity contribution is -0.137. The average Bonchev–Trinajstić information content (AvgIpc) is 2.41. The van der Waals surface area contributed by atoms with Gasteiger partial charge in [-0.1, -0.05) is 18.9 Å².